The summed E-state index contributed by atoms with van der Waals surface area (Å²) in [5.74, 6) is 1.40. The number of hydrogen-bond acceptors (Lipinski definition) is 0. The molecule has 2 heteroatoms. The Labute approximate surface area is 461 Å². The summed E-state index contributed by atoms with van der Waals surface area (Å²) in [7, 11) is 0. The number of rotatable bonds is 51. The molecule has 0 saturated heterocycles. The fourth-order valence-electron chi connectivity index (χ4n) is 11.8. The minimum absolute atomic E-state index is 0.700. The van der Waals surface area contributed by atoms with E-state index in [2.05, 4.69) is 114 Å². The summed E-state index contributed by atoms with van der Waals surface area (Å²) in [5.41, 5.74) is 21.0. The molecule has 0 amide bonds. The molecule has 0 aromatic heterocycles. The Balaban J connectivity index is 1.67. The molecule has 418 valence electrons. The maximum absolute atomic E-state index is 12.5. The lowest BCUT2D eigenvalue weighted by atomic mass is 9.88. The molecular weight excluding hydrogens is 893 g/mol. The first kappa shape index (κ1) is 65.3. The highest BCUT2D eigenvalue weighted by atomic mass is 15.2. The Hall–Kier alpha value is -3.00. The van der Waals surface area contributed by atoms with Crippen molar-refractivity contribution in [2.24, 2.45) is 11.8 Å². The number of unbranched alkanes of at least 4 members (excludes halogenated alkanes) is 31. The summed E-state index contributed by atoms with van der Waals surface area (Å²) >= 11 is 0. The normalized spacial score (nSPS) is 13.9. The van der Waals surface area contributed by atoms with Gasteiger partial charge in [-0.05, 0) is 112 Å². The third kappa shape index (κ3) is 30.1. The van der Waals surface area contributed by atoms with Crippen molar-refractivity contribution in [1.29, 1.82) is 0 Å². The van der Waals surface area contributed by atoms with Crippen LogP contribution < -0.4 is 0 Å². The Morgan fingerprint density at radius 2 is 0.716 bits per heavy atom. The van der Waals surface area contributed by atoms with E-state index in [0.717, 1.165) is 43.5 Å². The van der Waals surface area contributed by atoms with Crippen molar-refractivity contribution in [3.8, 4) is 0 Å². The highest BCUT2D eigenvalue weighted by Crippen LogP contribution is 2.40. The monoisotopic (exact) mass is 1010 g/mol. The largest absolute Gasteiger partial charge is 0.493 e. The Morgan fingerprint density at radius 1 is 0.365 bits per heavy atom. The van der Waals surface area contributed by atoms with Crippen LogP contribution in [-0.4, -0.2) is 4.70 Å². The van der Waals surface area contributed by atoms with Crippen LogP contribution in [0.25, 0.3) is 16.9 Å². The highest BCUT2D eigenvalue weighted by molar-refractivity contribution is 5.80. The molecule has 0 fully saturated rings. The number of benzene rings is 2. The van der Waals surface area contributed by atoms with Gasteiger partial charge in [-0.3, -0.25) is 0 Å². The predicted molar refractivity (Wildman–Crippen MR) is 331 cm³/mol. The number of aryl methyl sites for hydroxylation is 2. The molecule has 2 unspecified atom stereocenters. The Morgan fingerprint density at radius 3 is 1.14 bits per heavy atom. The second-order valence-corrected chi connectivity index (χ2v) is 23.4. The van der Waals surface area contributed by atoms with E-state index >= 15 is 0 Å². The Kier molecular flexibility index (Phi) is 40.7. The van der Waals surface area contributed by atoms with Crippen molar-refractivity contribution in [2.45, 2.75) is 324 Å². The molecule has 1 aliphatic rings. The summed E-state index contributed by atoms with van der Waals surface area (Å²) in [5, 5.41) is 0. The smallest absolute Gasteiger partial charge is 0.211 e. The van der Waals surface area contributed by atoms with Crippen LogP contribution in [0.3, 0.4) is 0 Å². The third-order valence-corrected chi connectivity index (χ3v) is 16.7. The van der Waals surface area contributed by atoms with Crippen molar-refractivity contribution in [1.82, 2.24) is 0 Å². The molecule has 2 nitrogen and oxygen atoms in total. The molecular formula is C72H120N2. The average Bonchev–Trinajstić information content (AvgIpc) is 3.75. The molecule has 0 spiro atoms. The fraction of sp³-hybridized carbons (Fsp3) is 0.722. The van der Waals surface area contributed by atoms with Crippen molar-refractivity contribution >= 4 is 11.4 Å². The summed E-state index contributed by atoms with van der Waals surface area (Å²) in [6.45, 7) is 11.6. The maximum Gasteiger partial charge on any atom is 0.211 e. The van der Waals surface area contributed by atoms with E-state index in [4.69, 9.17) is 0 Å². The molecule has 2 aromatic carbocycles. The van der Waals surface area contributed by atoms with Gasteiger partial charge in [-0.25, -0.2) is 4.70 Å². The molecule has 2 aromatic rings. The number of hydrogen-bond donors (Lipinski definition) is 0. The average molecular weight is 1010 g/mol. The van der Waals surface area contributed by atoms with Crippen LogP contribution in [0.5, 0.6) is 0 Å². The lowest BCUT2D eigenvalue weighted by Gasteiger charge is -2.19. The van der Waals surface area contributed by atoms with Crippen LogP contribution in [0.2, 0.25) is 0 Å². The van der Waals surface area contributed by atoms with Gasteiger partial charge in [-0.15, -0.1) is 0 Å². The quantitative estimate of drug-likeness (QED) is 0.0359. The Bertz CT molecular complexity index is 1770. The number of allylic oxidation sites excluding steroid dienone is 6. The van der Waals surface area contributed by atoms with Gasteiger partial charge in [0.25, 0.3) is 0 Å². The molecule has 1 aliphatic heterocycles. The van der Waals surface area contributed by atoms with Gasteiger partial charge in [0.15, 0.2) is 0 Å². The SMILES string of the molecule is CCCCCCCCCCCCC=CCC(CCCCCCCC)CCc1ccccc1C1=CC(CCCC)=C(c2ccccc2CCC(CC=CCCCCCCCCCCCC)CCCCCCCC)[N+]1=[N-]. The van der Waals surface area contributed by atoms with Crippen molar-refractivity contribution in [2.75, 3.05) is 0 Å². The third-order valence-electron chi connectivity index (χ3n) is 16.7. The molecule has 0 aliphatic carbocycles. The van der Waals surface area contributed by atoms with Crippen LogP contribution in [0.15, 0.2) is 84.5 Å². The van der Waals surface area contributed by atoms with Crippen LogP contribution >= 0.6 is 0 Å². The molecule has 2 atom stereocenters. The summed E-state index contributed by atoms with van der Waals surface area (Å²) < 4.78 is 1.61. The van der Waals surface area contributed by atoms with E-state index in [1.165, 1.54) is 285 Å². The second kappa shape index (κ2) is 46.1. The molecule has 0 N–H and O–H groups in total. The first-order chi connectivity index (χ1) is 36.6. The molecule has 0 radical (unpaired) electrons. The minimum Gasteiger partial charge on any atom is -0.493 e. The molecule has 74 heavy (non-hydrogen) atoms. The van der Waals surface area contributed by atoms with Crippen molar-refractivity contribution in [3.63, 3.8) is 0 Å². The first-order valence-corrected chi connectivity index (χ1v) is 33.0. The summed E-state index contributed by atoms with van der Waals surface area (Å²) in [6, 6.07) is 18.1. The molecule has 0 saturated carbocycles. The highest BCUT2D eigenvalue weighted by Gasteiger charge is 2.31. The lowest BCUT2D eigenvalue weighted by Crippen LogP contribution is -2.09. The van der Waals surface area contributed by atoms with Crippen molar-refractivity contribution in [3.05, 3.63) is 112 Å². The zero-order valence-electron chi connectivity index (χ0n) is 49.9. The van der Waals surface area contributed by atoms with Crippen LogP contribution in [0.1, 0.15) is 333 Å². The van der Waals surface area contributed by atoms with E-state index in [1.807, 2.05) is 0 Å². The molecule has 3 rings (SSSR count). The van der Waals surface area contributed by atoms with Crippen LogP contribution in [0, 0.1) is 11.8 Å². The predicted octanol–water partition coefficient (Wildman–Crippen LogP) is 24.8. The second-order valence-electron chi connectivity index (χ2n) is 23.4. The standard InChI is InChI=1S/C72H120N2/c1-6-11-16-20-24-26-28-30-32-34-36-40-44-52-64(50-42-38-22-18-13-8-3)59-61-66-55-46-48-57-69(66)71-63-68(54-15-10-5)72(74(71)73)70-58-49-47-56-67(70)62-60-65(51-43-39-23-19-14-9-4)53-45-41-37-35-33-31-29-27-25-21-17-12-7-2/h40-41,44-49,55-58,63-65H,6-39,42-43,50-54,59-62H2,1-5H3. The van der Waals surface area contributed by atoms with Gasteiger partial charge in [0, 0.05) is 22.8 Å². The molecule has 1 heterocycles. The van der Waals surface area contributed by atoms with E-state index < -0.39 is 0 Å². The summed E-state index contributed by atoms with van der Waals surface area (Å²) in [4.78, 5) is 0. The van der Waals surface area contributed by atoms with Crippen molar-refractivity contribution < 1.29 is 4.70 Å². The van der Waals surface area contributed by atoms with E-state index in [1.54, 1.807) is 4.70 Å². The topological polar surface area (TPSA) is 25.3 Å². The minimum atomic E-state index is 0.700. The maximum atomic E-state index is 12.5. The first-order valence-electron chi connectivity index (χ1n) is 33.0. The van der Waals surface area contributed by atoms with E-state index in [9.17, 15) is 5.53 Å². The van der Waals surface area contributed by atoms with Gasteiger partial charge in [0.2, 0.25) is 11.4 Å². The van der Waals surface area contributed by atoms with Crippen LogP contribution in [0.4, 0.5) is 0 Å². The van der Waals surface area contributed by atoms with Gasteiger partial charge < -0.3 is 5.53 Å². The number of nitrogens with zero attached hydrogens (tertiary/aromatic N) is 2. The van der Waals surface area contributed by atoms with E-state index in [0.29, 0.717) is 11.8 Å². The fourth-order valence-corrected chi connectivity index (χ4v) is 11.8. The van der Waals surface area contributed by atoms with E-state index in [-0.39, 0.29) is 0 Å². The summed E-state index contributed by atoms with van der Waals surface area (Å²) in [6.07, 6.45) is 72.2. The van der Waals surface area contributed by atoms with Gasteiger partial charge in [-0.1, -0.05) is 307 Å². The zero-order valence-corrected chi connectivity index (χ0v) is 49.9. The van der Waals surface area contributed by atoms with Gasteiger partial charge in [-0.2, -0.15) is 0 Å². The van der Waals surface area contributed by atoms with Crippen LogP contribution in [-0.2, 0) is 12.8 Å². The van der Waals surface area contributed by atoms with Gasteiger partial charge >= 0.3 is 0 Å². The molecule has 0 bridgehead atoms. The van der Waals surface area contributed by atoms with Gasteiger partial charge in [0.05, 0.1) is 0 Å². The van der Waals surface area contributed by atoms with Gasteiger partial charge in [0.1, 0.15) is 0 Å². The lowest BCUT2D eigenvalue weighted by molar-refractivity contribution is -0.344. The zero-order chi connectivity index (χ0) is 52.8.